The molecule has 94 valence electrons. The third-order valence-corrected chi connectivity index (χ3v) is 3.10. The van der Waals surface area contributed by atoms with Crippen LogP contribution in [-0.4, -0.2) is 23.9 Å². The van der Waals surface area contributed by atoms with E-state index in [1.165, 1.54) is 0 Å². The first-order valence-electron chi connectivity index (χ1n) is 6.21. The maximum absolute atomic E-state index is 9.48. The molecular weight excluding hydrogens is 216 g/mol. The SMILES string of the molecule is CC1CCC(COc2cccc([C@H](C)O)c2)O1. The minimum atomic E-state index is -0.457. The molecule has 17 heavy (non-hydrogen) atoms. The molecule has 0 saturated carbocycles. The second kappa shape index (κ2) is 5.52. The lowest BCUT2D eigenvalue weighted by atomic mass is 10.1. The van der Waals surface area contributed by atoms with Gasteiger partial charge in [0.05, 0.1) is 18.3 Å². The van der Waals surface area contributed by atoms with E-state index in [0.29, 0.717) is 12.7 Å². The number of hydrogen-bond acceptors (Lipinski definition) is 3. The van der Waals surface area contributed by atoms with Crippen LogP contribution in [0, 0.1) is 0 Å². The quantitative estimate of drug-likeness (QED) is 0.873. The van der Waals surface area contributed by atoms with Gasteiger partial charge in [-0.2, -0.15) is 0 Å². The highest BCUT2D eigenvalue weighted by atomic mass is 16.5. The standard InChI is InChI=1S/C14H20O3/c1-10-6-7-14(17-10)9-16-13-5-3-4-12(8-13)11(2)15/h3-5,8,10-11,14-15H,6-7,9H2,1-2H3/t10?,11-,14?/m0/s1. The van der Waals surface area contributed by atoms with Crippen molar-refractivity contribution in [3.63, 3.8) is 0 Å². The molecule has 0 spiro atoms. The molecule has 1 aliphatic heterocycles. The van der Waals surface area contributed by atoms with E-state index < -0.39 is 6.10 Å². The van der Waals surface area contributed by atoms with Crippen molar-refractivity contribution in [1.29, 1.82) is 0 Å². The van der Waals surface area contributed by atoms with Crippen LogP contribution in [0.4, 0.5) is 0 Å². The topological polar surface area (TPSA) is 38.7 Å². The summed E-state index contributed by atoms with van der Waals surface area (Å²) in [5, 5.41) is 9.48. The van der Waals surface area contributed by atoms with Crippen LogP contribution in [0.1, 0.15) is 38.4 Å². The second-order valence-corrected chi connectivity index (χ2v) is 4.71. The number of aliphatic hydroxyl groups is 1. The number of ether oxygens (including phenoxy) is 2. The van der Waals surface area contributed by atoms with Gasteiger partial charge < -0.3 is 14.6 Å². The minimum Gasteiger partial charge on any atom is -0.491 e. The van der Waals surface area contributed by atoms with Gasteiger partial charge in [-0.1, -0.05) is 12.1 Å². The summed E-state index contributed by atoms with van der Waals surface area (Å²) in [5.41, 5.74) is 0.878. The molecule has 0 amide bonds. The van der Waals surface area contributed by atoms with Crippen LogP contribution < -0.4 is 4.74 Å². The predicted molar refractivity (Wildman–Crippen MR) is 66.1 cm³/mol. The van der Waals surface area contributed by atoms with Crippen molar-refractivity contribution in [2.24, 2.45) is 0 Å². The van der Waals surface area contributed by atoms with Crippen molar-refractivity contribution in [2.75, 3.05) is 6.61 Å². The molecule has 1 aliphatic rings. The third-order valence-electron chi connectivity index (χ3n) is 3.10. The fourth-order valence-electron chi connectivity index (χ4n) is 2.06. The molecule has 1 fully saturated rings. The van der Waals surface area contributed by atoms with Crippen molar-refractivity contribution in [1.82, 2.24) is 0 Å². The van der Waals surface area contributed by atoms with Crippen LogP contribution in [0.2, 0.25) is 0 Å². The predicted octanol–water partition coefficient (Wildman–Crippen LogP) is 2.69. The fraction of sp³-hybridized carbons (Fsp3) is 0.571. The van der Waals surface area contributed by atoms with E-state index in [-0.39, 0.29) is 6.10 Å². The van der Waals surface area contributed by atoms with Crippen molar-refractivity contribution in [2.45, 2.75) is 45.0 Å². The zero-order valence-corrected chi connectivity index (χ0v) is 10.4. The molecule has 3 atom stereocenters. The van der Waals surface area contributed by atoms with Crippen molar-refractivity contribution in [3.05, 3.63) is 29.8 Å². The van der Waals surface area contributed by atoms with Crippen LogP contribution in [-0.2, 0) is 4.74 Å². The molecule has 0 aliphatic carbocycles. The first kappa shape index (κ1) is 12.4. The van der Waals surface area contributed by atoms with Gasteiger partial charge in [-0.3, -0.25) is 0 Å². The van der Waals surface area contributed by atoms with Crippen molar-refractivity contribution >= 4 is 0 Å². The van der Waals surface area contributed by atoms with Gasteiger partial charge >= 0.3 is 0 Å². The smallest absolute Gasteiger partial charge is 0.119 e. The summed E-state index contributed by atoms with van der Waals surface area (Å²) in [6.07, 6.45) is 2.29. The molecule has 2 unspecified atom stereocenters. The molecule has 0 aromatic heterocycles. The van der Waals surface area contributed by atoms with E-state index in [4.69, 9.17) is 9.47 Å². The van der Waals surface area contributed by atoms with Crippen LogP contribution >= 0.6 is 0 Å². The highest BCUT2D eigenvalue weighted by molar-refractivity contribution is 5.29. The Labute approximate surface area is 102 Å². The Kier molecular flexibility index (Phi) is 4.02. The lowest BCUT2D eigenvalue weighted by molar-refractivity contribution is 0.0264. The van der Waals surface area contributed by atoms with Gasteiger partial charge in [0.2, 0.25) is 0 Å². The van der Waals surface area contributed by atoms with E-state index >= 15 is 0 Å². The molecule has 0 radical (unpaired) electrons. The molecular formula is C14H20O3. The van der Waals surface area contributed by atoms with Crippen LogP contribution in [0.25, 0.3) is 0 Å². The van der Waals surface area contributed by atoms with E-state index in [1.54, 1.807) is 6.92 Å². The average Bonchev–Trinajstić information content (AvgIpc) is 2.73. The zero-order chi connectivity index (χ0) is 12.3. The molecule has 0 bridgehead atoms. The first-order valence-corrected chi connectivity index (χ1v) is 6.21. The molecule has 1 aromatic rings. The normalized spacial score (nSPS) is 25.8. The van der Waals surface area contributed by atoms with Gasteiger partial charge in [-0.15, -0.1) is 0 Å². The van der Waals surface area contributed by atoms with E-state index in [0.717, 1.165) is 24.2 Å². The highest BCUT2D eigenvalue weighted by Gasteiger charge is 2.22. The number of hydrogen-bond donors (Lipinski definition) is 1. The van der Waals surface area contributed by atoms with Gasteiger partial charge in [-0.25, -0.2) is 0 Å². The van der Waals surface area contributed by atoms with Gasteiger partial charge in [0.1, 0.15) is 12.4 Å². The Morgan fingerprint density at radius 2 is 2.29 bits per heavy atom. The first-order chi connectivity index (χ1) is 8.15. The summed E-state index contributed by atoms with van der Waals surface area (Å²) < 4.78 is 11.4. The molecule has 1 heterocycles. The Morgan fingerprint density at radius 1 is 1.47 bits per heavy atom. The molecule has 1 aromatic carbocycles. The van der Waals surface area contributed by atoms with E-state index in [2.05, 4.69) is 6.92 Å². The Bertz CT molecular complexity index is 362. The Hall–Kier alpha value is -1.06. The summed E-state index contributed by atoms with van der Waals surface area (Å²) in [4.78, 5) is 0. The van der Waals surface area contributed by atoms with Gasteiger partial charge in [0.25, 0.3) is 0 Å². The van der Waals surface area contributed by atoms with Gasteiger partial charge in [-0.05, 0) is 44.4 Å². The summed E-state index contributed by atoms with van der Waals surface area (Å²) >= 11 is 0. The largest absolute Gasteiger partial charge is 0.491 e. The second-order valence-electron chi connectivity index (χ2n) is 4.71. The molecule has 1 N–H and O–H groups in total. The third kappa shape index (κ3) is 3.45. The lowest BCUT2D eigenvalue weighted by Gasteiger charge is -2.13. The summed E-state index contributed by atoms with van der Waals surface area (Å²) in [7, 11) is 0. The average molecular weight is 236 g/mol. The Balaban J connectivity index is 1.88. The fourth-order valence-corrected chi connectivity index (χ4v) is 2.06. The Morgan fingerprint density at radius 3 is 2.94 bits per heavy atom. The van der Waals surface area contributed by atoms with Crippen molar-refractivity contribution in [3.8, 4) is 5.75 Å². The summed E-state index contributed by atoms with van der Waals surface area (Å²) in [6, 6.07) is 7.58. The van der Waals surface area contributed by atoms with Crippen LogP contribution in [0.15, 0.2) is 24.3 Å². The molecule has 1 saturated heterocycles. The van der Waals surface area contributed by atoms with E-state index in [9.17, 15) is 5.11 Å². The highest BCUT2D eigenvalue weighted by Crippen LogP contribution is 2.22. The summed E-state index contributed by atoms with van der Waals surface area (Å²) in [6.45, 7) is 4.43. The number of aliphatic hydroxyl groups excluding tert-OH is 1. The summed E-state index contributed by atoms with van der Waals surface area (Å²) in [5.74, 6) is 0.798. The maximum Gasteiger partial charge on any atom is 0.119 e. The van der Waals surface area contributed by atoms with Crippen LogP contribution in [0.5, 0.6) is 5.75 Å². The molecule has 2 rings (SSSR count). The lowest BCUT2D eigenvalue weighted by Crippen LogP contribution is -2.17. The maximum atomic E-state index is 9.48. The molecule has 3 heteroatoms. The molecule has 3 nitrogen and oxygen atoms in total. The van der Waals surface area contributed by atoms with Gasteiger partial charge in [0.15, 0.2) is 0 Å². The van der Waals surface area contributed by atoms with Crippen molar-refractivity contribution < 1.29 is 14.6 Å². The number of rotatable bonds is 4. The van der Waals surface area contributed by atoms with E-state index in [1.807, 2.05) is 24.3 Å². The zero-order valence-electron chi connectivity index (χ0n) is 10.4. The monoisotopic (exact) mass is 236 g/mol. The number of benzene rings is 1. The minimum absolute atomic E-state index is 0.209. The van der Waals surface area contributed by atoms with Crippen LogP contribution in [0.3, 0.4) is 0 Å². The van der Waals surface area contributed by atoms with Gasteiger partial charge in [0, 0.05) is 0 Å².